The molecule has 0 saturated carbocycles. The first kappa shape index (κ1) is 16.1. The van der Waals surface area contributed by atoms with Gasteiger partial charge in [0, 0.05) is 6.54 Å². The number of aliphatic hydroxyl groups excluding tert-OH is 1. The Bertz CT molecular complexity index is 497. The van der Waals surface area contributed by atoms with Crippen molar-refractivity contribution in [2.24, 2.45) is 5.92 Å². The highest BCUT2D eigenvalue weighted by molar-refractivity contribution is 7.91. The third-order valence-electron chi connectivity index (χ3n) is 2.69. The normalized spacial score (nSPS) is 13.7. The lowest BCUT2D eigenvalue weighted by molar-refractivity contribution is 0.192. The molecule has 1 aromatic carbocycles. The molecule has 0 aliphatic heterocycles. The molecule has 0 radical (unpaired) electrons. The molecule has 19 heavy (non-hydrogen) atoms. The van der Waals surface area contributed by atoms with E-state index in [1.54, 1.807) is 18.2 Å². The standard InChI is InChI=1S/C14H23NO3S/c1-11(2)8-15-9-13(16)10-19(17,18)14-6-4-5-12(3)7-14/h4-7,11,13,15-16H,8-10H2,1-3H3. The Balaban J connectivity index is 2.59. The minimum atomic E-state index is -3.42. The van der Waals surface area contributed by atoms with Crippen LogP contribution in [0.5, 0.6) is 0 Å². The first-order valence-corrected chi connectivity index (χ1v) is 8.14. The lowest BCUT2D eigenvalue weighted by atomic mass is 10.2. The van der Waals surface area contributed by atoms with Crippen LogP contribution in [-0.2, 0) is 9.84 Å². The summed E-state index contributed by atoms with van der Waals surface area (Å²) in [6, 6.07) is 6.76. The van der Waals surface area contributed by atoms with Crippen LogP contribution >= 0.6 is 0 Å². The fourth-order valence-corrected chi connectivity index (χ4v) is 3.22. The number of aliphatic hydroxyl groups is 1. The zero-order chi connectivity index (χ0) is 14.5. The highest BCUT2D eigenvalue weighted by atomic mass is 32.2. The summed E-state index contributed by atoms with van der Waals surface area (Å²) in [5.74, 6) is 0.224. The van der Waals surface area contributed by atoms with E-state index in [1.165, 1.54) is 0 Å². The monoisotopic (exact) mass is 285 g/mol. The molecule has 2 N–H and O–H groups in total. The average molecular weight is 285 g/mol. The molecule has 0 aliphatic carbocycles. The van der Waals surface area contributed by atoms with Gasteiger partial charge in [-0.3, -0.25) is 0 Å². The van der Waals surface area contributed by atoms with Gasteiger partial charge >= 0.3 is 0 Å². The molecule has 0 spiro atoms. The van der Waals surface area contributed by atoms with E-state index in [1.807, 2.05) is 13.0 Å². The molecular weight excluding hydrogens is 262 g/mol. The van der Waals surface area contributed by atoms with Crippen LogP contribution in [0.1, 0.15) is 19.4 Å². The second-order valence-electron chi connectivity index (χ2n) is 5.30. The van der Waals surface area contributed by atoms with E-state index in [0.717, 1.165) is 12.1 Å². The summed E-state index contributed by atoms with van der Waals surface area (Å²) < 4.78 is 24.2. The summed E-state index contributed by atoms with van der Waals surface area (Å²) in [5, 5.41) is 12.8. The van der Waals surface area contributed by atoms with Gasteiger partial charge in [-0.1, -0.05) is 26.0 Å². The maximum atomic E-state index is 12.1. The molecule has 0 amide bonds. The van der Waals surface area contributed by atoms with Crippen molar-refractivity contribution < 1.29 is 13.5 Å². The summed E-state index contributed by atoms with van der Waals surface area (Å²) in [6.45, 7) is 7.02. The molecule has 0 bridgehead atoms. The van der Waals surface area contributed by atoms with Crippen LogP contribution in [0.25, 0.3) is 0 Å². The van der Waals surface area contributed by atoms with Crippen LogP contribution in [0.4, 0.5) is 0 Å². The highest BCUT2D eigenvalue weighted by Crippen LogP contribution is 2.13. The van der Waals surface area contributed by atoms with Crippen LogP contribution in [0.2, 0.25) is 0 Å². The van der Waals surface area contributed by atoms with Crippen LogP contribution < -0.4 is 5.32 Å². The molecule has 1 rings (SSSR count). The lowest BCUT2D eigenvalue weighted by Crippen LogP contribution is -2.34. The number of aryl methyl sites for hydroxylation is 1. The molecule has 1 atom stereocenters. The van der Waals surface area contributed by atoms with E-state index in [0.29, 0.717) is 12.5 Å². The van der Waals surface area contributed by atoms with E-state index >= 15 is 0 Å². The van der Waals surface area contributed by atoms with Gasteiger partial charge in [0.25, 0.3) is 0 Å². The molecule has 108 valence electrons. The van der Waals surface area contributed by atoms with E-state index < -0.39 is 15.9 Å². The summed E-state index contributed by atoms with van der Waals surface area (Å²) in [7, 11) is -3.42. The second kappa shape index (κ2) is 7.03. The van der Waals surface area contributed by atoms with Crippen molar-refractivity contribution in [1.82, 2.24) is 5.32 Å². The minimum absolute atomic E-state index is 0.248. The Kier molecular flexibility index (Phi) is 5.97. The van der Waals surface area contributed by atoms with Crippen LogP contribution in [0.15, 0.2) is 29.2 Å². The third kappa shape index (κ3) is 5.72. The van der Waals surface area contributed by atoms with Gasteiger partial charge in [-0.15, -0.1) is 0 Å². The van der Waals surface area contributed by atoms with Gasteiger partial charge < -0.3 is 10.4 Å². The van der Waals surface area contributed by atoms with E-state index in [2.05, 4.69) is 19.2 Å². The molecule has 1 unspecified atom stereocenters. The minimum Gasteiger partial charge on any atom is -0.391 e. The molecule has 0 saturated heterocycles. The van der Waals surface area contributed by atoms with Crippen molar-refractivity contribution in [2.75, 3.05) is 18.8 Å². The third-order valence-corrected chi connectivity index (χ3v) is 4.49. The molecular formula is C14H23NO3S. The first-order valence-electron chi connectivity index (χ1n) is 6.49. The van der Waals surface area contributed by atoms with Gasteiger partial charge in [0.2, 0.25) is 0 Å². The summed E-state index contributed by atoms with van der Waals surface area (Å²) in [4.78, 5) is 0.274. The predicted octanol–water partition coefficient (Wildman–Crippen LogP) is 1.38. The first-order chi connectivity index (χ1) is 8.81. The van der Waals surface area contributed by atoms with E-state index in [4.69, 9.17) is 0 Å². The summed E-state index contributed by atoms with van der Waals surface area (Å²) in [6.07, 6.45) is -0.885. The highest BCUT2D eigenvalue weighted by Gasteiger charge is 2.19. The maximum absolute atomic E-state index is 12.1. The molecule has 0 aromatic heterocycles. The Morgan fingerprint density at radius 2 is 1.95 bits per heavy atom. The number of nitrogens with one attached hydrogen (secondary N) is 1. The average Bonchev–Trinajstić information content (AvgIpc) is 2.27. The summed E-state index contributed by atoms with van der Waals surface area (Å²) in [5.41, 5.74) is 0.897. The second-order valence-corrected chi connectivity index (χ2v) is 7.34. The molecule has 5 heteroatoms. The van der Waals surface area contributed by atoms with Gasteiger partial charge in [-0.05, 0) is 37.1 Å². The van der Waals surface area contributed by atoms with E-state index in [9.17, 15) is 13.5 Å². The number of hydrogen-bond acceptors (Lipinski definition) is 4. The number of hydrogen-bond donors (Lipinski definition) is 2. The molecule has 0 aliphatic rings. The maximum Gasteiger partial charge on any atom is 0.180 e. The number of rotatable bonds is 7. The van der Waals surface area contributed by atoms with Gasteiger partial charge in [0.1, 0.15) is 0 Å². The van der Waals surface area contributed by atoms with Crippen molar-refractivity contribution in [3.63, 3.8) is 0 Å². The van der Waals surface area contributed by atoms with Crippen LogP contribution in [0, 0.1) is 12.8 Å². The Morgan fingerprint density at radius 3 is 2.53 bits per heavy atom. The number of sulfone groups is 1. The zero-order valence-electron chi connectivity index (χ0n) is 11.8. The topological polar surface area (TPSA) is 66.4 Å². The molecule has 1 aromatic rings. The van der Waals surface area contributed by atoms with Gasteiger partial charge in [-0.25, -0.2) is 8.42 Å². The smallest absolute Gasteiger partial charge is 0.180 e. The van der Waals surface area contributed by atoms with Crippen LogP contribution in [-0.4, -0.2) is 38.5 Å². The summed E-state index contributed by atoms with van der Waals surface area (Å²) >= 11 is 0. The quantitative estimate of drug-likeness (QED) is 0.794. The lowest BCUT2D eigenvalue weighted by Gasteiger charge is -2.13. The van der Waals surface area contributed by atoms with Crippen LogP contribution in [0.3, 0.4) is 0 Å². The van der Waals surface area contributed by atoms with Crippen molar-refractivity contribution >= 4 is 9.84 Å². The largest absolute Gasteiger partial charge is 0.391 e. The molecule has 0 heterocycles. The fraction of sp³-hybridized carbons (Fsp3) is 0.571. The van der Waals surface area contributed by atoms with Crippen molar-refractivity contribution in [2.45, 2.75) is 31.8 Å². The Labute approximate surface area is 115 Å². The fourth-order valence-electron chi connectivity index (χ4n) is 1.76. The van der Waals surface area contributed by atoms with Crippen molar-refractivity contribution in [3.8, 4) is 0 Å². The van der Waals surface area contributed by atoms with Crippen molar-refractivity contribution in [1.29, 1.82) is 0 Å². The molecule has 0 fully saturated rings. The number of benzene rings is 1. The van der Waals surface area contributed by atoms with E-state index in [-0.39, 0.29) is 10.6 Å². The Hall–Kier alpha value is -0.910. The van der Waals surface area contributed by atoms with Gasteiger partial charge in [-0.2, -0.15) is 0 Å². The molecule has 4 nitrogen and oxygen atoms in total. The predicted molar refractivity (Wildman–Crippen MR) is 76.9 cm³/mol. The van der Waals surface area contributed by atoms with Gasteiger partial charge in [0.05, 0.1) is 16.8 Å². The Morgan fingerprint density at radius 1 is 1.26 bits per heavy atom. The van der Waals surface area contributed by atoms with Crippen molar-refractivity contribution in [3.05, 3.63) is 29.8 Å². The SMILES string of the molecule is Cc1cccc(S(=O)(=O)CC(O)CNCC(C)C)c1. The zero-order valence-corrected chi connectivity index (χ0v) is 12.6. The van der Waals surface area contributed by atoms with Gasteiger partial charge in [0.15, 0.2) is 9.84 Å².